The van der Waals surface area contributed by atoms with Gasteiger partial charge in [-0.1, -0.05) is 57.2 Å². The van der Waals surface area contributed by atoms with Crippen molar-refractivity contribution >= 4 is 5.97 Å². The Morgan fingerprint density at radius 1 is 1.11 bits per heavy atom. The van der Waals surface area contributed by atoms with Crippen LogP contribution in [-0.2, 0) is 30.3 Å². The van der Waals surface area contributed by atoms with Crippen LogP contribution < -0.4 is 5.73 Å². The molecule has 1 aliphatic rings. The van der Waals surface area contributed by atoms with Crippen LogP contribution in [0.2, 0.25) is 0 Å². The summed E-state index contributed by atoms with van der Waals surface area (Å²) >= 11 is 0. The minimum atomic E-state index is -1.00. The molecular formula is C29H45NO6. The van der Waals surface area contributed by atoms with E-state index in [4.69, 9.17) is 24.7 Å². The van der Waals surface area contributed by atoms with Crippen LogP contribution in [0.15, 0.2) is 47.9 Å². The summed E-state index contributed by atoms with van der Waals surface area (Å²) in [6.45, 7) is 11.3. The predicted octanol–water partition coefficient (Wildman–Crippen LogP) is 5.54. The van der Waals surface area contributed by atoms with Crippen LogP contribution in [0.1, 0.15) is 77.3 Å². The molecule has 1 saturated carbocycles. The van der Waals surface area contributed by atoms with Gasteiger partial charge in [0, 0.05) is 0 Å². The van der Waals surface area contributed by atoms with Crippen molar-refractivity contribution in [2.24, 2.45) is 11.7 Å². The van der Waals surface area contributed by atoms with E-state index >= 15 is 0 Å². The van der Waals surface area contributed by atoms with Crippen molar-refractivity contribution in [1.29, 1.82) is 0 Å². The lowest BCUT2D eigenvalue weighted by Crippen LogP contribution is -2.35. The van der Waals surface area contributed by atoms with Gasteiger partial charge in [-0.2, -0.15) is 0 Å². The highest BCUT2D eigenvalue weighted by molar-refractivity contribution is 5.72. The van der Waals surface area contributed by atoms with Crippen molar-refractivity contribution in [2.45, 2.75) is 91.1 Å². The average Bonchev–Trinajstić information content (AvgIpc) is 2.86. The highest BCUT2D eigenvalue weighted by Gasteiger charge is 2.26. The van der Waals surface area contributed by atoms with E-state index in [0.29, 0.717) is 43.6 Å². The molecule has 36 heavy (non-hydrogen) atoms. The predicted molar refractivity (Wildman–Crippen MR) is 142 cm³/mol. The van der Waals surface area contributed by atoms with E-state index < -0.39 is 12.1 Å². The topological polar surface area (TPSA) is 100 Å². The standard InChI is InChI=1S/C29H45NO6/c1-6-8-21(4)16-36-28(29(31)32)19-35-26-10-7-9-25(15-26)34-18-27(30)22(5)33-17-23-11-13-24(14-12-23)20(2)3/h6,8,11-14,20-21,25-26,28H,7,9-10,15-19,30H2,1-5H3,(H,31,32)/b8-6-,27-22-. The number of carbonyl (C=O) groups is 1. The third-order valence-electron chi connectivity index (χ3n) is 6.45. The minimum Gasteiger partial charge on any atom is -0.492 e. The van der Waals surface area contributed by atoms with Crippen LogP contribution in [0, 0.1) is 5.92 Å². The zero-order valence-electron chi connectivity index (χ0n) is 22.6. The summed E-state index contributed by atoms with van der Waals surface area (Å²) in [6, 6.07) is 8.43. The minimum absolute atomic E-state index is 0.0117. The largest absolute Gasteiger partial charge is 0.492 e. The zero-order chi connectivity index (χ0) is 26.5. The Labute approximate surface area is 216 Å². The monoisotopic (exact) mass is 503 g/mol. The fourth-order valence-corrected chi connectivity index (χ4v) is 4.06. The van der Waals surface area contributed by atoms with Gasteiger partial charge >= 0.3 is 5.97 Å². The summed E-state index contributed by atoms with van der Waals surface area (Å²) in [5.74, 6) is 0.319. The molecule has 0 saturated heterocycles. The van der Waals surface area contributed by atoms with Crippen LogP contribution in [0.4, 0.5) is 0 Å². The number of aliphatic carboxylic acids is 1. The molecule has 0 aliphatic heterocycles. The molecule has 0 spiro atoms. The van der Waals surface area contributed by atoms with Gasteiger partial charge in [-0.05, 0) is 62.5 Å². The number of hydrogen-bond acceptors (Lipinski definition) is 6. The Hall–Kier alpha value is -2.35. The van der Waals surface area contributed by atoms with E-state index in [1.165, 1.54) is 5.56 Å². The number of hydrogen-bond donors (Lipinski definition) is 2. The van der Waals surface area contributed by atoms with Crippen LogP contribution in [0.5, 0.6) is 0 Å². The van der Waals surface area contributed by atoms with E-state index in [9.17, 15) is 9.90 Å². The lowest BCUT2D eigenvalue weighted by molar-refractivity contribution is -0.158. The SMILES string of the molecule is C/C=C\C(C)COC(COC1CCCC(OC/C(N)=C(\C)OCc2ccc(C(C)C)cc2)C1)C(=O)O. The Morgan fingerprint density at radius 2 is 1.78 bits per heavy atom. The van der Waals surface area contributed by atoms with Crippen molar-refractivity contribution < 1.29 is 28.8 Å². The molecular weight excluding hydrogens is 458 g/mol. The molecule has 0 aromatic heterocycles. The number of rotatable bonds is 15. The molecule has 0 amide bonds. The second-order valence-corrected chi connectivity index (χ2v) is 9.98. The van der Waals surface area contributed by atoms with Crippen molar-refractivity contribution in [1.82, 2.24) is 0 Å². The van der Waals surface area contributed by atoms with Gasteiger partial charge in [0.15, 0.2) is 6.10 Å². The number of carboxylic acid groups (broad SMARTS) is 1. The first-order valence-corrected chi connectivity index (χ1v) is 13.1. The average molecular weight is 504 g/mol. The van der Waals surface area contributed by atoms with Gasteiger partial charge in [0.1, 0.15) is 12.4 Å². The first-order valence-electron chi connectivity index (χ1n) is 13.1. The molecule has 0 radical (unpaired) electrons. The Balaban J connectivity index is 1.76. The third kappa shape index (κ3) is 10.7. The van der Waals surface area contributed by atoms with Crippen LogP contribution in [-0.4, -0.2) is 49.2 Å². The first-order chi connectivity index (χ1) is 17.2. The number of carboxylic acids is 1. The lowest BCUT2D eigenvalue weighted by Gasteiger charge is -2.30. The van der Waals surface area contributed by atoms with Gasteiger partial charge in [0.05, 0.1) is 37.7 Å². The van der Waals surface area contributed by atoms with Crippen LogP contribution >= 0.6 is 0 Å². The van der Waals surface area contributed by atoms with Crippen LogP contribution in [0.3, 0.4) is 0 Å². The maximum atomic E-state index is 11.6. The van der Waals surface area contributed by atoms with Gasteiger partial charge in [-0.25, -0.2) is 4.79 Å². The first kappa shape index (κ1) is 29.9. The maximum absolute atomic E-state index is 11.6. The molecule has 0 bridgehead atoms. The molecule has 4 unspecified atom stereocenters. The summed E-state index contributed by atoms with van der Waals surface area (Å²) in [4.78, 5) is 11.6. The number of allylic oxidation sites excluding steroid dienone is 2. The number of benzene rings is 1. The van der Waals surface area contributed by atoms with Crippen molar-refractivity contribution in [3.8, 4) is 0 Å². The Kier molecular flexibility index (Phi) is 13.0. The fraction of sp³-hybridized carbons (Fsp3) is 0.621. The molecule has 7 nitrogen and oxygen atoms in total. The lowest BCUT2D eigenvalue weighted by atomic mass is 9.95. The molecule has 3 N–H and O–H groups in total. The zero-order valence-corrected chi connectivity index (χ0v) is 22.6. The Bertz CT molecular complexity index is 848. The van der Waals surface area contributed by atoms with Gasteiger partial charge in [-0.3, -0.25) is 0 Å². The van der Waals surface area contributed by atoms with Gasteiger partial charge in [0.25, 0.3) is 0 Å². The third-order valence-corrected chi connectivity index (χ3v) is 6.45. The molecule has 1 aromatic carbocycles. The van der Waals surface area contributed by atoms with E-state index in [0.717, 1.165) is 24.8 Å². The Morgan fingerprint density at radius 3 is 2.39 bits per heavy atom. The van der Waals surface area contributed by atoms with Crippen molar-refractivity contribution in [3.63, 3.8) is 0 Å². The van der Waals surface area contributed by atoms with E-state index in [-0.39, 0.29) is 24.7 Å². The number of nitrogens with two attached hydrogens (primary N) is 1. The van der Waals surface area contributed by atoms with E-state index in [2.05, 4.69) is 38.1 Å². The van der Waals surface area contributed by atoms with E-state index in [1.807, 2.05) is 32.9 Å². The maximum Gasteiger partial charge on any atom is 0.335 e. The van der Waals surface area contributed by atoms with E-state index in [1.54, 1.807) is 0 Å². The molecule has 0 heterocycles. The summed E-state index contributed by atoms with van der Waals surface area (Å²) in [5, 5.41) is 9.47. The summed E-state index contributed by atoms with van der Waals surface area (Å²) < 4.78 is 23.4. The second kappa shape index (κ2) is 15.7. The highest BCUT2D eigenvalue weighted by atomic mass is 16.6. The van der Waals surface area contributed by atoms with Gasteiger partial charge in [-0.15, -0.1) is 0 Å². The molecule has 1 aliphatic carbocycles. The smallest absolute Gasteiger partial charge is 0.335 e. The summed E-state index contributed by atoms with van der Waals surface area (Å²) in [5.41, 5.74) is 9.20. The van der Waals surface area contributed by atoms with Crippen LogP contribution in [0.25, 0.3) is 0 Å². The second-order valence-electron chi connectivity index (χ2n) is 9.98. The molecule has 4 atom stereocenters. The fourth-order valence-electron chi connectivity index (χ4n) is 4.06. The molecule has 7 heteroatoms. The number of ether oxygens (including phenoxy) is 4. The molecule has 1 aromatic rings. The molecule has 202 valence electrons. The van der Waals surface area contributed by atoms with Gasteiger partial charge in [0.2, 0.25) is 0 Å². The van der Waals surface area contributed by atoms with Gasteiger partial charge < -0.3 is 29.8 Å². The molecule has 1 fully saturated rings. The van der Waals surface area contributed by atoms with Crippen molar-refractivity contribution in [3.05, 3.63) is 59.0 Å². The normalized spacial score (nSPS) is 20.8. The molecule has 2 rings (SSSR count). The summed E-state index contributed by atoms with van der Waals surface area (Å²) in [6.07, 6.45) is 6.37. The highest BCUT2D eigenvalue weighted by Crippen LogP contribution is 2.24. The summed E-state index contributed by atoms with van der Waals surface area (Å²) in [7, 11) is 0. The van der Waals surface area contributed by atoms with Crippen molar-refractivity contribution in [2.75, 3.05) is 19.8 Å². The quantitative estimate of drug-likeness (QED) is 0.239.